The van der Waals surface area contributed by atoms with Gasteiger partial charge in [0.25, 0.3) is 0 Å². The zero-order chi connectivity index (χ0) is 13.4. The Kier molecular flexibility index (Phi) is 3.39. The summed E-state index contributed by atoms with van der Waals surface area (Å²) in [5.41, 5.74) is 10.4. The van der Waals surface area contributed by atoms with Gasteiger partial charge in [-0.2, -0.15) is 0 Å². The Morgan fingerprint density at radius 2 is 2.00 bits per heavy atom. The first-order valence-electron chi connectivity index (χ1n) is 6.34. The van der Waals surface area contributed by atoms with Crippen molar-refractivity contribution in [2.75, 3.05) is 0 Å². The SMILES string of the molecule is CC(C)C(N)c1ccc(-c2ccc3ncsc3c2)s1. The van der Waals surface area contributed by atoms with Crippen LogP contribution in [0.25, 0.3) is 20.7 Å². The number of thiophene rings is 1. The third kappa shape index (κ3) is 2.43. The maximum atomic E-state index is 6.21. The van der Waals surface area contributed by atoms with Gasteiger partial charge in [0.1, 0.15) is 0 Å². The molecule has 0 aliphatic carbocycles. The van der Waals surface area contributed by atoms with E-state index in [4.69, 9.17) is 5.73 Å². The molecule has 0 spiro atoms. The van der Waals surface area contributed by atoms with Gasteiger partial charge in [-0.15, -0.1) is 22.7 Å². The number of hydrogen-bond acceptors (Lipinski definition) is 4. The summed E-state index contributed by atoms with van der Waals surface area (Å²) in [5, 5.41) is 0. The van der Waals surface area contributed by atoms with Crippen LogP contribution in [0.4, 0.5) is 0 Å². The standard InChI is InChI=1S/C15H16N2S2/c1-9(2)15(16)13-6-5-12(19-13)10-3-4-11-14(7-10)18-8-17-11/h3-9,15H,16H2,1-2H3. The summed E-state index contributed by atoms with van der Waals surface area (Å²) in [6.45, 7) is 4.32. The molecule has 1 aromatic carbocycles. The smallest absolute Gasteiger partial charge is 0.0812 e. The third-order valence-corrected chi connectivity index (χ3v) is 5.32. The molecular weight excluding hydrogens is 272 g/mol. The second-order valence-corrected chi connectivity index (χ2v) is 7.01. The van der Waals surface area contributed by atoms with Crippen molar-refractivity contribution in [2.45, 2.75) is 19.9 Å². The van der Waals surface area contributed by atoms with E-state index in [2.05, 4.69) is 49.2 Å². The van der Waals surface area contributed by atoms with Crippen LogP contribution in [-0.2, 0) is 0 Å². The number of fused-ring (bicyclic) bond motifs is 1. The first kappa shape index (κ1) is 12.8. The molecule has 0 bridgehead atoms. The fourth-order valence-corrected chi connectivity index (χ4v) is 3.92. The van der Waals surface area contributed by atoms with Gasteiger partial charge in [-0.3, -0.25) is 0 Å². The highest BCUT2D eigenvalue weighted by Crippen LogP contribution is 2.34. The lowest BCUT2D eigenvalue weighted by atomic mass is 10.0. The van der Waals surface area contributed by atoms with Gasteiger partial charge in [-0.05, 0) is 35.7 Å². The summed E-state index contributed by atoms with van der Waals surface area (Å²) in [6, 6.07) is 10.9. The molecule has 0 aliphatic heterocycles. The van der Waals surface area contributed by atoms with E-state index in [9.17, 15) is 0 Å². The Morgan fingerprint density at radius 1 is 1.16 bits per heavy atom. The highest BCUT2D eigenvalue weighted by atomic mass is 32.1. The number of rotatable bonds is 3. The van der Waals surface area contributed by atoms with Crippen molar-refractivity contribution < 1.29 is 0 Å². The van der Waals surface area contributed by atoms with Crippen LogP contribution in [0.2, 0.25) is 0 Å². The van der Waals surface area contributed by atoms with Gasteiger partial charge >= 0.3 is 0 Å². The summed E-state index contributed by atoms with van der Waals surface area (Å²) in [4.78, 5) is 6.85. The second kappa shape index (κ2) is 5.04. The summed E-state index contributed by atoms with van der Waals surface area (Å²) in [7, 11) is 0. The molecule has 1 atom stereocenters. The van der Waals surface area contributed by atoms with E-state index in [1.807, 2.05) is 5.51 Å². The third-order valence-electron chi connectivity index (χ3n) is 3.29. The fourth-order valence-electron chi connectivity index (χ4n) is 2.02. The molecule has 19 heavy (non-hydrogen) atoms. The van der Waals surface area contributed by atoms with Gasteiger partial charge in [0.15, 0.2) is 0 Å². The minimum Gasteiger partial charge on any atom is -0.323 e. The van der Waals surface area contributed by atoms with Crippen molar-refractivity contribution in [3.05, 3.63) is 40.7 Å². The molecule has 2 N–H and O–H groups in total. The molecule has 0 amide bonds. The predicted octanol–water partition coefficient (Wildman–Crippen LogP) is 4.68. The molecule has 0 aliphatic rings. The summed E-state index contributed by atoms with van der Waals surface area (Å²) in [5.74, 6) is 0.468. The first-order chi connectivity index (χ1) is 9.15. The average Bonchev–Trinajstić information content (AvgIpc) is 3.05. The lowest BCUT2D eigenvalue weighted by Crippen LogP contribution is -2.14. The fraction of sp³-hybridized carbons (Fsp3) is 0.267. The van der Waals surface area contributed by atoms with Crippen molar-refractivity contribution in [3.63, 3.8) is 0 Å². The van der Waals surface area contributed by atoms with Gasteiger partial charge < -0.3 is 5.73 Å². The van der Waals surface area contributed by atoms with Crippen LogP contribution < -0.4 is 5.73 Å². The minimum atomic E-state index is 0.130. The Hall–Kier alpha value is -1.23. The van der Waals surface area contributed by atoms with Gasteiger partial charge in [-0.25, -0.2) is 4.98 Å². The zero-order valence-electron chi connectivity index (χ0n) is 11.0. The van der Waals surface area contributed by atoms with E-state index in [0.717, 1.165) is 5.52 Å². The van der Waals surface area contributed by atoms with Crippen LogP contribution in [-0.4, -0.2) is 4.98 Å². The van der Waals surface area contributed by atoms with Crippen LogP contribution in [0.1, 0.15) is 24.8 Å². The van der Waals surface area contributed by atoms with Crippen molar-refractivity contribution in [2.24, 2.45) is 11.7 Å². The normalized spacial score (nSPS) is 13.3. The second-order valence-electron chi connectivity index (χ2n) is 5.01. The van der Waals surface area contributed by atoms with E-state index in [0.29, 0.717) is 5.92 Å². The molecule has 0 saturated heterocycles. The molecule has 2 nitrogen and oxygen atoms in total. The largest absolute Gasteiger partial charge is 0.323 e. The molecule has 3 rings (SSSR count). The van der Waals surface area contributed by atoms with Gasteiger partial charge in [0.2, 0.25) is 0 Å². The molecule has 0 fully saturated rings. The van der Waals surface area contributed by atoms with E-state index >= 15 is 0 Å². The minimum absolute atomic E-state index is 0.130. The van der Waals surface area contributed by atoms with Crippen LogP contribution >= 0.6 is 22.7 Å². The zero-order valence-corrected chi connectivity index (χ0v) is 12.6. The number of hydrogen-bond donors (Lipinski definition) is 1. The van der Waals surface area contributed by atoms with E-state index in [1.54, 1.807) is 22.7 Å². The van der Waals surface area contributed by atoms with Crippen molar-refractivity contribution >= 4 is 32.9 Å². The van der Waals surface area contributed by atoms with Crippen LogP contribution in [0.3, 0.4) is 0 Å². The van der Waals surface area contributed by atoms with Gasteiger partial charge in [0.05, 0.1) is 15.7 Å². The highest BCUT2D eigenvalue weighted by Gasteiger charge is 2.13. The number of thiazole rings is 1. The number of benzene rings is 1. The average molecular weight is 288 g/mol. The summed E-state index contributed by atoms with van der Waals surface area (Å²) >= 11 is 3.48. The number of aromatic nitrogens is 1. The van der Waals surface area contributed by atoms with Crippen LogP contribution in [0.15, 0.2) is 35.8 Å². The first-order valence-corrected chi connectivity index (χ1v) is 8.03. The lowest BCUT2D eigenvalue weighted by molar-refractivity contribution is 0.521. The summed E-state index contributed by atoms with van der Waals surface area (Å²) < 4.78 is 1.24. The lowest BCUT2D eigenvalue weighted by Gasteiger charge is -2.12. The quantitative estimate of drug-likeness (QED) is 0.760. The van der Waals surface area contributed by atoms with E-state index in [-0.39, 0.29) is 6.04 Å². The highest BCUT2D eigenvalue weighted by molar-refractivity contribution is 7.17. The molecule has 3 aromatic rings. The maximum Gasteiger partial charge on any atom is 0.0812 e. The molecule has 4 heteroatoms. The number of nitrogens with two attached hydrogens (primary N) is 1. The predicted molar refractivity (Wildman–Crippen MR) is 84.7 cm³/mol. The molecule has 2 heterocycles. The Balaban J connectivity index is 1.97. The monoisotopic (exact) mass is 288 g/mol. The maximum absolute atomic E-state index is 6.21. The van der Waals surface area contributed by atoms with Crippen molar-refractivity contribution in [1.29, 1.82) is 0 Å². The molecular formula is C15H16N2S2. The molecule has 0 saturated carbocycles. The summed E-state index contributed by atoms with van der Waals surface area (Å²) in [6.07, 6.45) is 0. The molecule has 0 radical (unpaired) electrons. The molecule has 2 aromatic heterocycles. The molecule has 98 valence electrons. The Bertz CT molecular complexity index is 697. The Morgan fingerprint density at radius 3 is 2.79 bits per heavy atom. The number of nitrogens with zero attached hydrogens (tertiary/aromatic N) is 1. The van der Waals surface area contributed by atoms with Gasteiger partial charge in [0, 0.05) is 15.8 Å². The van der Waals surface area contributed by atoms with Crippen molar-refractivity contribution in [3.8, 4) is 10.4 Å². The Labute approximate surface area is 120 Å². The van der Waals surface area contributed by atoms with Crippen LogP contribution in [0.5, 0.6) is 0 Å². The van der Waals surface area contributed by atoms with E-state index < -0.39 is 0 Å². The molecule has 1 unspecified atom stereocenters. The van der Waals surface area contributed by atoms with Crippen LogP contribution in [0, 0.1) is 5.92 Å². The van der Waals surface area contributed by atoms with Crippen molar-refractivity contribution in [1.82, 2.24) is 4.98 Å². The topological polar surface area (TPSA) is 38.9 Å². The van der Waals surface area contributed by atoms with E-state index in [1.165, 1.54) is 20.0 Å². The van der Waals surface area contributed by atoms with Gasteiger partial charge in [-0.1, -0.05) is 19.9 Å².